The zero-order valence-corrected chi connectivity index (χ0v) is 40.5. The summed E-state index contributed by atoms with van der Waals surface area (Å²) in [5.41, 5.74) is 11.6. The van der Waals surface area contributed by atoms with Gasteiger partial charge in [-0.3, -0.25) is 19.6 Å². The number of rotatable bonds is 16. The van der Waals surface area contributed by atoms with Gasteiger partial charge in [0.1, 0.15) is 53.7 Å². The van der Waals surface area contributed by atoms with Crippen molar-refractivity contribution in [2.45, 2.75) is 52.0 Å². The molecular formula is C59H52F2N4O7. The highest BCUT2D eigenvalue weighted by molar-refractivity contribution is 6.09. The van der Waals surface area contributed by atoms with E-state index in [0.29, 0.717) is 72.6 Å². The molecule has 10 rings (SSSR count). The van der Waals surface area contributed by atoms with Gasteiger partial charge in [0.25, 0.3) is 11.8 Å². The van der Waals surface area contributed by atoms with Crippen molar-refractivity contribution in [2.24, 2.45) is 0 Å². The van der Waals surface area contributed by atoms with Crippen molar-refractivity contribution in [3.8, 4) is 23.0 Å². The van der Waals surface area contributed by atoms with Crippen molar-refractivity contribution in [3.05, 3.63) is 213 Å². The lowest BCUT2D eigenvalue weighted by Crippen LogP contribution is -2.18. The number of halogens is 2. The fourth-order valence-electron chi connectivity index (χ4n) is 9.38. The van der Waals surface area contributed by atoms with Gasteiger partial charge in [0.05, 0.1) is 25.3 Å². The van der Waals surface area contributed by atoms with E-state index < -0.39 is 0 Å². The summed E-state index contributed by atoms with van der Waals surface area (Å²) in [4.78, 5) is 50.8. The van der Waals surface area contributed by atoms with Crippen LogP contribution >= 0.6 is 0 Å². The number of amides is 2. The van der Waals surface area contributed by atoms with Gasteiger partial charge in [-0.1, -0.05) is 54.6 Å². The lowest BCUT2D eigenvalue weighted by Gasteiger charge is -2.17. The second kappa shape index (κ2) is 21.3. The van der Waals surface area contributed by atoms with E-state index in [1.54, 1.807) is 74.8 Å². The average molecular weight is 967 g/mol. The largest absolute Gasteiger partial charge is 0.497 e. The molecule has 0 spiro atoms. The number of carbonyl (C=O) groups is 3. The molecule has 0 bridgehead atoms. The minimum Gasteiger partial charge on any atom is -0.497 e. The number of hydrogen-bond donors (Lipinski definition) is 0. The van der Waals surface area contributed by atoms with Gasteiger partial charge in [0.2, 0.25) is 0 Å². The van der Waals surface area contributed by atoms with E-state index in [-0.39, 0.29) is 36.5 Å². The van der Waals surface area contributed by atoms with E-state index in [1.807, 2.05) is 60.7 Å². The maximum absolute atomic E-state index is 13.4. The van der Waals surface area contributed by atoms with Crippen molar-refractivity contribution in [1.29, 1.82) is 0 Å². The number of fused-ring (bicyclic) bond motifs is 4. The molecule has 0 saturated heterocycles. The van der Waals surface area contributed by atoms with Crippen LogP contribution in [0.25, 0.3) is 21.8 Å². The first-order valence-corrected chi connectivity index (χ1v) is 23.4. The van der Waals surface area contributed by atoms with Crippen LogP contribution in [0.1, 0.15) is 76.4 Å². The molecule has 364 valence electrons. The van der Waals surface area contributed by atoms with E-state index >= 15 is 0 Å². The van der Waals surface area contributed by atoms with E-state index in [1.165, 1.54) is 24.3 Å². The molecule has 2 aromatic heterocycles. The maximum atomic E-state index is 13.4. The Hall–Kier alpha value is -8.45. The minimum atomic E-state index is -0.286. The molecule has 2 amide bonds. The Kier molecular flexibility index (Phi) is 14.3. The van der Waals surface area contributed by atoms with Crippen LogP contribution in [-0.4, -0.2) is 66.2 Å². The predicted octanol–water partition coefficient (Wildman–Crippen LogP) is 10.7. The zero-order chi connectivity index (χ0) is 50.5. The van der Waals surface area contributed by atoms with Crippen LogP contribution in [0.4, 0.5) is 8.78 Å². The van der Waals surface area contributed by atoms with Crippen molar-refractivity contribution in [3.63, 3.8) is 0 Å². The fourth-order valence-corrected chi connectivity index (χ4v) is 9.38. The number of ether oxygens (including phenoxy) is 4. The highest BCUT2D eigenvalue weighted by Gasteiger charge is 2.35. The summed E-state index contributed by atoms with van der Waals surface area (Å²) in [6.07, 6.45) is 8.20. The maximum Gasteiger partial charge on any atom is 0.258 e. The van der Waals surface area contributed by atoms with E-state index in [9.17, 15) is 23.2 Å². The second-order valence-corrected chi connectivity index (χ2v) is 17.9. The number of allylic oxidation sites excluding steroid dienone is 1. The molecule has 2 aliphatic rings. The van der Waals surface area contributed by atoms with Gasteiger partial charge in [0.15, 0.2) is 11.5 Å². The first-order chi connectivity index (χ1) is 35.0. The molecule has 13 heteroatoms. The van der Waals surface area contributed by atoms with Gasteiger partial charge >= 0.3 is 0 Å². The lowest BCUT2D eigenvalue weighted by atomic mass is 9.93. The third-order valence-electron chi connectivity index (χ3n) is 13.0. The summed E-state index contributed by atoms with van der Waals surface area (Å²) < 4.78 is 49.8. The van der Waals surface area contributed by atoms with Crippen LogP contribution in [0.15, 0.2) is 134 Å². The Labute approximate surface area is 416 Å². The smallest absolute Gasteiger partial charge is 0.258 e. The number of nitrogens with zero attached hydrogens (tertiary/aromatic N) is 4. The summed E-state index contributed by atoms with van der Waals surface area (Å²) in [5, 5.41) is 1.73. The molecule has 0 fully saturated rings. The van der Waals surface area contributed by atoms with Crippen LogP contribution in [0.3, 0.4) is 0 Å². The zero-order valence-electron chi connectivity index (χ0n) is 40.5. The van der Waals surface area contributed by atoms with Crippen LogP contribution in [-0.2, 0) is 56.8 Å². The summed E-state index contributed by atoms with van der Waals surface area (Å²) in [6.45, 7) is 5.39. The molecule has 0 aliphatic carbocycles. The summed E-state index contributed by atoms with van der Waals surface area (Å²) in [7, 11) is 6.77. The number of hydrogen-bond acceptors (Lipinski definition) is 9. The number of methoxy groups -OCH3 is 2. The van der Waals surface area contributed by atoms with Crippen molar-refractivity contribution >= 4 is 39.9 Å². The SMILES string of the molecule is C=CCc1c2c(c(OCc3ccc(OC)cc3)c3ncc(Cc4ccc(F)cc4)cc13)C(=O)N(C)C2.COc1ccc(COc2c3c(c(CC=O)c4cc(Cc5ccc(F)cc5)cnc24)CN(C)C3=O)cc1. The Balaban J connectivity index is 0.000000178. The van der Waals surface area contributed by atoms with Crippen LogP contribution in [0.2, 0.25) is 0 Å². The Morgan fingerprint density at radius 3 is 1.33 bits per heavy atom. The third kappa shape index (κ3) is 10.1. The molecule has 0 radical (unpaired) electrons. The topological polar surface area (TPSA) is 120 Å². The van der Waals surface area contributed by atoms with Gasteiger partial charge in [-0.25, -0.2) is 8.78 Å². The predicted molar refractivity (Wildman–Crippen MR) is 272 cm³/mol. The van der Waals surface area contributed by atoms with Crippen LogP contribution in [0, 0.1) is 11.6 Å². The molecule has 72 heavy (non-hydrogen) atoms. The normalized spacial score (nSPS) is 12.6. The molecule has 6 aromatic carbocycles. The fraction of sp³-hybridized carbons (Fsp3) is 0.203. The number of aldehydes is 1. The monoisotopic (exact) mass is 966 g/mol. The molecule has 0 N–H and O–H groups in total. The van der Waals surface area contributed by atoms with Gasteiger partial charge < -0.3 is 33.5 Å². The Morgan fingerprint density at radius 2 is 0.958 bits per heavy atom. The molecule has 2 aliphatic heterocycles. The average Bonchev–Trinajstić information content (AvgIpc) is 3.87. The summed E-state index contributed by atoms with van der Waals surface area (Å²) in [5.74, 6) is 1.68. The molecular weight excluding hydrogens is 915 g/mol. The van der Waals surface area contributed by atoms with Gasteiger partial charge in [0, 0.05) is 56.8 Å². The quantitative estimate of drug-likeness (QED) is 0.0688. The van der Waals surface area contributed by atoms with Gasteiger partial charge in [-0.15, -0.1) is 6.58 Å². The second-order valence-electron chi connectivity index (χ2n) is 17.9. The van der Waals surface area contributed by atoms with Crippen LogP contribution < -0.4 is 18.9 Å². The Bertz CT molecular complexity index is 3120. The molecule has 4 heterocycles. The molecule has 11 nitrogen and oxygen atoms in total. The lowest BCUT2D eigenvalue weighted by molar-refractivity contribution is -0.107. The standard InChI is InChI=1S/C30H27FN2O3.C29H25FN2O4/c1-4-5-24-25-15-21(14-19-6-10-22(31)11-7-19)16-32-28(25)29(27-26(24)17-33(2)30(27)34)36-18-20-8-12-23(35-3)13-9-20;1-32-16-25-23(11-12-33)24-14-20(13-18-3-7-21(30)8-4-18)15-31-27(24)28(26(25)29(32)34)36-17-19-5-9-22(35-2)10-6-19/h4,6-13,15-16H,1,5,14,17-18H2,2-3H3;3-10,12,14-15H,11,13,16-17H2,1-2H3. The molecule has 0 saturated carbocycles. The number of pyridine rings is 2. The highest BCUT2D eigenvalue weighted by Crippen LogP contribution is 2.43. The highest BCUT2D eigenvalue weighted by atomic mass is 19.1. The molecule has 0 atom stereocenters. The van der Waals surface area contributed by atoms with Crippen molar-refractivity contribution in [2.75, 3.05) is 28.3 Å². The number of carbonyl (C=O) groups excluding carboxylic acids is 3. The van der Waals surface area contributed by atoms with E-state index in [0.717, 1.165) is 84.2 Å². The van der Waals surface area contributed by atoms with E-state index in [2.05, 4.69) is 12.6 Å². The van der Waals surface area contributed by atoms with Gasteiger partial charge in [-0.2, -0.15) is 0 Å². The van der Waals surface area contributed by atoms with Crippen molar-refractivity contribution in [1.82, 2.24) is 19.8 Å². The van der Waals surface area contributed by atoms with E-state index in [4.69, 9.17) is 28.9 Å². The third-order valence-corrected chi connectivity index (χ3v) is 13.0. The molecule has 0 unspecified atom stereocenters. The molecule has 8 aromatic rings. The van der Waals surface area contributed by atoms with Gasteiger partial charge in [-0.05, 0) is 136 Å². The van der Waals surface area contributed by atoms with Crippen molar-refractivity contribution < 1.29 is 42.1 Å². The van der Waals surface area contributed by atoms with Crippen LogP contribution in [0.5, 0.6) is 23.0 Å². The summed E-state index contributed by atoms with van der Waals surface area (Å²) >= 11 is 0. The number of aromatic nitrogens is 2. The first-order valence-electron chi connectivity index (χ1n) is 23.4. The number of benzene rings is 6. The Morgan fingerprint density at radius 1 is 0.569 bits per heavy atom. The minimum absolute atomic E-state index is 0.0702. The first kappa shape index (κ1) is 48.6. The summed E-state index contributed by atoms with van der Waals surface area (Å²) in [6, 6.07) is 32.1.